The lowest BCUT2D eigenvalue weighted by atomic mass is 9.93. The molecule has 9 heteroatoms. The molecule has 4 rings (SSSR count). The van der Waals surface area contributed by atoms with E-state index in [2.05, 4.69) is 20.9 Å². The highest BCUT2D eigenvalue weighted by atomic mass is 19.4. The minimum Gasteiger partial charge on any atom is -0.355 e. The van der Waals surface area contributed by atoms with Gasteiger partial charge in [-0.15, -0.1) is 0 Å². The van der Waals surface area contributed by atoms with Crippen LogP contribution in [-0.4, -0.2) is 30.9 Å². The highest BCUT2D eigenvalue weighted by Gasteiger charge is 2.35. The number of fused-ring (bicyclic) bond motifs is 1. The van der Waals surface area contributed by atoms with Crippen molar-refractivity contribution in [1.82, 2.24) is 15.6 Å². The SMILES string of the molecule is CNC(=O)c1ccc(-c2cc3c(Nc4ccccc4)c(C(=O)NC)cnc3cc2C(F)(F)F)cc1C. The van der Waals surface area contributed by atoms with Crippen LogP contribution in [0.2, 0.25) is 0 Å². The Labute approximate surface area is 205 Å². The molecule has 3 N–H and O–H groups in total. The van der Waals surface area contributed by atoms with E-state index in [1.54, 1.807) is 37.3 Å². The van der Waals surface area contributed by atoms with Gasteiger partial charge in [0.15, 0.2) is 0 Å². The standard InChI is InChI=1S/C27H23F3N4O2/c1-15-11-16(9-10-18(15)25(35)31-2)19-12-20-23(13-22(19)27(28,29)30)33-14-21(26(36)32-3)24(20)34-17-7-5-4-6-8-17/h4-14H,1-3H3,(H,31,35)(H,32,36)(H,33,34). The quantitative estimate of drug-likeness (QED) is 0.334. The van der Waals surface area contributed by atoms with Gasteiger partial charge in [-0.1, -0.05) is 30.3 Å². The maximum Gasteiger partial charge on any atom is 0.417 e. The second-order valence-electron chi connectivity index (χ2n) is 8.14. The Morgan fingerprint density at radius 2 is 1.53 bits per heavy atom. The lowest BCUT2D eigenvalue weighted by Crippen LogP contribution is -2.20. The lowest BCUT2D eigenvalue weighted by Gasteiger charge is -2.19. The molecule has 1 aromatic heterocycles. The third-order valence-electron chi connectivity index (χ3n) is 5.84. The summed E-state index contributed by atoms with van der Waals surface area (Å²) in [5, 5.41) is 8.59. The van der Waals surface area contributed by atoms with Crippen molar-refractivity contribution in [2.45, 2.75) is 13.1 Å². The van der Waals surface area contributed by atoms with E-state index in [9.17, 15) is 22.8 Å². The second-order valence-corrected chi connectivity index (χ2v) is 8.14. The van der Waals surface area contributed by atoms with E-state index in [0.29, 0.717) is 27.9 Å². The molecular formula is C27H23F3N4O2. The van der Waals surface area contributed by atoms with E-state index in [4.69, 9.17) is 0 Å². The van der Waals surface area contributed by atoms with Crippen LogP contribution in [0.3, 0.4) is 0 Å². The zero-order chi connectivity index (χ0) is 26.0. The van der Waals surface area contributed by atoms with Crippen molar-refractivity contribution in [3.63, 3.8) is 0 Å². The van der Waals surface area contributed by atoms with Gasteiger partial charge < -0.3 is 16.0 Å². The van der Waals surface area contributed by atoms with E-state index >= 15 is 0 Å². The van der Waals surface area contributed by atoms with Gasteiger partial charge in [0.05, 0.1) is 22.3 Å². The van der Waals surface area contributed by atoms with Crippen LogP contribution in [0, 0.1) is 6.92 Å². The molecule has 4 aromatic rings. The van der Waals surface area contributed by atoms with Crippen molar-refractivity contribution in [2.75, 3.05) is 19.4 Å². The van der Waals surface area contributed by atoms with Gasteiger partial charge in [0.1, 0.15) is 0 Å². The van der Waals surface area contributed by atoms with Crippen molar-refractivity contribution in [3.05, 3.63) is 89.1 Å². The first-order valence-corrected chi connectivity index (χ1v) is 11.0. The third kappa shape index (κ3) is 4.72. The summed E-state index contributed by atoms with van der Waals surface area (Å²) in [6, 6.07) is 15.9. The molecule has 0 unspecified atom stereocenters. The van der Waals surface area contributed by atoms with Crippen LogP contribution >= 0.6 is 0 Å². The van der Waals surface area contributed by atoms with E-state index < -0.39 is 17.6 Å². The summed E-state index contributed by atoms with van der Waals surface area (Å²) in [5.41, 5.74) is 1.47. The monoisotopic (exact) mass is 492 g/mol. The molecule has 0 aliphatic carbocycles. The minimum absolute atomic E-state index is 0.0795. The summed E-state index contributed by atoms with van der Waals surface area (Å²) in [4.78, 5) is 28.9. The Kier molecular flexibility index (Phi) is 6.65. The van der Waals surface area contributed by atoms with Gasteiger partial charge in [-0.3, -0.25) is 14.6 Å². The van der Waals surface area contributed by atoms with Gasteiger partial charge in [-0.2, -0.15) is 13.2 Å². The number of anilines is 2. The molecule has 0 atom stereocenters. The summed E-state index contributed by atoms with van der Waals surface area (Å²) in [6.07, 6.45) is -3.40. The van der Waals surface area contributed by atoms with Gasteiger partial charge in [0.25, 0.3) is 11.8 Å². The Morgan fingerprint density at radius 3 is 2.14 bits per heavy atom. The molecule has 0 saturated carbocycles. The fourth-order valence-corrected chi connectivity index (χ4v) is 4.04. The summed E-state index contributed by atoms with van der Waals surface area (Å²) in [7, 11) is 2.95. The number of para-hydroxylation sites is 1. The number of benzene rings is 3. The molecule has 0 aliphatic rings. The average molecular weight is 493 g/mol. The number of amides is 2. The number of alkyl halides is 3. The Bertz CT molecular complexity index is 1470. The van der Waals surface area contributed by atoms with Crippen molar-refractivity contribution in [3.8, 4) is 11.1 Å². The van der Waals surface area contributed by atoms with E-state index in [0.717, 1.165) is 6.07 Å². The smallest absolute Gasteiger partial charge is 0.355 e. The lowest BCUT2D eigenvalue weighted by molar-refractivity contribution is -0.137. The molecule has 0 radical (unpaired) electrons. The number of nitrogens with one attached hydrogen (secondary N) is 3. The van der Waals surface area contributed by atoms with Crippen LogP contribution in [0.25, 0.3) is 22.0 Å². The van der Waals surface area contributed by atoms with Crippen LogP contribution in [0.15, 0.2) is 66.9 Å². The fourth-order valence-electron chi connectivity index (χ4n) is 4.04. The second kappa shape index (κ2) is 9.69. The highest BCUT2D eigenvalue weighted by Crippen LogP contribution is 2.42. The van der Waals surface area contributed by atoms with Gasteiger partial charge in [0, 0.05) is 36.9 Å². The average Bonchev–Trinajstić information content (AvgIpc) is 2.87. The zero-order valence-corrected chi connectivity index (χ0v) is 19.7. The van der Waals surface area contributed by atoms with E-state index in [-0.39, 0.29) is 28.1 Å². The molecule has 1 heterocycles. The molecule has 2 amide bonds. The third-order valence-corrected chi connectivity index (χ3v) is 5.84. The molecule has 36 heavy (non-hydrogen) atoms. The van der Waals surface area contributed by atoms with Crippen molar-refractivity contribution < 1.29 is 22.8 Å². The van der Waals surface area contributed by atoms with Gasteiger partial charge in [-0.25, -0.2) is 0 Å². The first-order valence-electron chi connectivity index (χ1n) is 11.0. The van der Waals surface area contributed by atoms with E-state index in [1.807, 2.05) is 6.07 Å². The van der Waals surface area contributed by atoms with Crippen LogP contribution in [0.4, 0.5) is 24.5 Å². The predicted molar refractivity (Wildman–Crippen MR) is 133 cm³/mol. The summed E-state index contributed by atoms with van der Waals surface area (Å²) in [5.74, 6) is -0.766. The molecule has 6 nitrogen and oxygen atoms in total. The number of aryl methyl sites for hydroxylation is 1. The highest BCUT2D eigenvalue weighted by molar-refractivity contribution is 6.09. The Hall–Kier alpha value is -4.40. The number of hydrogen-bond donors (Lipinski definition) is 3. The van der Waals surface area contributed by atoms with Crippen molar-refractivity contribution in [1.29, 1.82) is 0 Å². The Balaban J connectivity index is 2.01. The first kappa shape index (κ1) is 24.7. The molecule has 0 aliphatic heterocycles. The zero-order valence-electron chi connectivity index (χ0n) is 19.7. The minimum atomic E-state index is -4.66. The van der Waals surface area contributed by atoms with Gasteiger partial charge in [0.2, 0.25) is 0 Å². The maximum atomic E-state index is 14.2. The number of rotatable bonds is 5. The summed E-state index contributed by atoms with van der Waals surface area (Å²) >= 11 is 0. The molecule has 0 saturated heterocycles. The van der Waals surface area contributed by atoms with E-state index in [1.165, 1.54) is 38.5 Å². The summed E-state index contributed by atoms with van der Waals surface area (Å²) < 4.78 is 42.5. The Morgan fingerprint density at radius 1 is 0.861 bits per heavy atom. The van der Waals surface area contributed by atoms with Crippen LogP contribution in [-0.2, 0) is 6.18 Å². The molecule has 0 spiro atoms. The normalized spacial score (nSPS) is 11.3. The van der Waals surface area contributed by atoms with Gasteiger partial charge in [-0.05, 0) is 53.9 Å². The predicted octanol–water partition coefficient (Wildman–Crippen LogP) is 5.69. The number of hydrogen-bond acceptors (Lipinski definition) is 4. The molecule has 184 valence electrons. The van der Waals surface area contributed by atoms with Crippen LogP contribution in [0.5, 0.6) is 0 Å². The molecule has 0 fully saturated rings. The van der Waals surface area contributed by atoms with Crippen molar-refractivity contribution in [2.24, 2.45) is 0 Å². The number of carbonyl (C=O) groups is 2. The van der Waals surface area contributed by atoms with Gasteiger partial charge >= 0.3 is 6.18 Å². The first-order chi connectivity index (χ1) is 17.1. The van der Waals surface area contributed by atoms with Crippen LogP contribution in [0.1, 0.15) is 31.8 Å². The van der Waals surface area contributed by atoms with Crippen molar-refractivity contribution >= 4 is 34.1 Å². The number of aromatic nitrogens is 1. The molecule has 0 bridgehead atoms. The van der Waals surface area contributed by atoms with Crippen LogP contribution < -0.4 is 16.0 Å². The number of halogens is 3. The maximum absolute atomic E-state index is 14.2. The molecular weight excluding hydrogens is 469 g/mol. The number of carbonyl (C=O) groups excluding carboxylic acids is 2. The summed E-state index contributed by atoms with van der Waals surface area (Å²) in [6.45, 7) is 1.66. The number of pyridine rings is 1. The largest absolute Gasteiger partial charge is 0.417 e. The molecule has 3 aromatic carbocycles. The fraction of sp³-hybridized carbons (Fsp3) is 0.148. The topological polar surface area (TPSA) is 83.1 Å². The number of nitrogens with zero attached hydrogens (tertiary/aromatic N) is 1.